The molecule has 1 amide bonds. The Morgan fingerprint density at radius 2 is 1.67 bits per heavy atom. The van der Waals surface area contributed by atoms with Crippen LogP contribution in [0, 0.1) is 23.6 Å². The highest BCUT2D eigenvalue weighted by molar-refractivity contribution is 5.89. The summed E-state index contributed by atoms with van der Waals surface area (Å²) in [6.45, 7) is -0.0345. The highest BCUT2D eigenvalue weighted by atomic mass is 19.1. The Kier molecular flexibility index (Phi) is 5.54. The Morgan fingerprint density at radius 3 is 2.24 bits per heavy atom. The van der Waals surface area contributed by atoms with E-state index >= 15 is 0 Å². The van der Waals surface area contributed by atoms with E-state index in [0.717, 1.165) is 29.5 Å². The fourth-order valence-electron chi connectivity index (χ4n) is 6.58. The molecule has 4 aliphatic carbocycles. The van der Waals surface area contributed by atoms with Gasteiger partial charge < -0.3 is 9.64 Å². The van der Waals surface area contributed by atoms with Gasteiger partial charge in [-0.3, -0.25) is 9.59 Å². The SMILES string of the molecule is Cn1nc(C(=O)OCC(=O)N(Cc2ccc(F)cc2)C23CC4CC(CC(C4)C2)C3)ccc1=O. The van der Waals surface area contributed by atoms with Crippen LogP contribution in [-0.4, -0.2) is 38.7 Å². The first kappa shape index (κ1) is 21.8. The van der Waals surface area contributed by atoms with E-state index in [1.165, 1.54) is 50.6 Å². The van der Waals surface area contributed by atoms with Crippen LogP contribution in [-0.2, 0) is 23.1 Å². The molecule has 0 unspecified atom stereocenters. The van der Waals surface area contributed by atoms with Crippen molar-refractivity contribution in [2.24, 2.45) is 24.8 Å². The minimum atomic E-state index is -0.744. The molecule has 0 spiro atoms. The lowest BCUT2D eigenvalue weighted by molar-refractivity contribution is -0.155. The summed E-state index contributed by atoms with van der Waals surface area (Å²) in [6, 6.07) is 8.76. The molecular weight excluding hydrogens is 425 g/mol. The maximum Gasteiger partial charge on any atom is 0.359 e. The molecular formula is C25H28FN3O4. The maximum atomic E-state index is 13.5. The van der Waals surface area contributed by atoms with Crippen molar-refractivity contribution in [3.8, 4) is 0 Å². The van der Waals surface area contributed by atoms with Crippen LogP contribution in [0.4, 0.5) is 4.39 Å². The molecule has 33 heavy (non-hydrogen) atoms. The van der Waals surface area contributed by atoms with Crippen LogP contribution in [0.3, 0.4) is 0 Å². The molecule has 8 heteroatoms. The number of nitrogens with zero attached hydrogens (tertiary/aromatic N) is 3. The number of benzene rings is 1. The van der Waals surface area contributed by atoms with Gasteiger partial charge in [0.2, 0.25) is 0 Å². The van der Waals surface area contributed by atoms with Gasteiger partial charge in [0.05, 0.1) is 0 Å². The molecule has 4 aliphatic rings. The van der Waals surface area contributed by atoms with E-state index in [1.807, 2.05) is 4.90 Å². The van der Waals surface area contributed by atoms with E-state index in [4.69, 9.17) is 4.74 Å². The average molecular weight is 454 g/mol. The van der Waals surface area contributed by atoms with E-state index in [1.54, 1.807) is 12.1 Å². The van der Waals surface area contributed by atoms with Crippen LogP contribution >= 0.6 is 0 Å². The third kappa shape index (κ3) is 4.30. The maximum absolute atomic E-state index is 13.5. The second-order valence-corrected chi connectivity index (χ2v) is 10.0. The number of halogens is 1. The Morgan fingerprint density at radius 1 is 1.06 bits per heavy atom. The van der Waals surface area contributed by atoms with Gasteiger partial charge in [0, 0.05) is 25.2 Å². The summed E-state index contributed by atoms with van der Waals surface area (Å²) in [5.74, 6) is 0.599. The lowest BCUT2D eigenvalue weighted by Crippen LogP contribution is -2.61. The number of rotatable bonds is 6. The minimum Gasteiger partial charge on any atom is -0.451 e. The van der Waals surface area contributed by atoms with Gasteiger partial charge >= 0.3 is 5.97 Å². The van der Waals surface area contributed by atoms with Crippen LogP contribution in [0.2, 0.25) is 0 Å². The van der Waals surface area contributed by atoms with Gasteiger partial charge in [0.25, 0.3) is 11.5 Å². The van der Waals surface area contributed by atoms with Crippen molar-refractivity contribution in [2.45, 2.75) is 50.6 Å². The second kappa shape index (κ2) is 8.39. The molecule has 0 N–H and O–H groups in total. The predicted molar refractivity (Wildman–Crippen MR) is 118 cm³/mol. The molecule has 6 rings (SSSR count). The smallest absolute Gasteiger partial charge is 0.359 e. The third-order valence-corrected chi connectivity index (χ3v) is 7.63. The Hall–Kier alpha value is -3.03. The summed E-state index contributed by atoms with van der Waals surface area (Å²) in [7, 11) is 1.45. The number of esters is 1. The van der Waals surface area contributed by atoms with Gasteiger partial charge in [-0.1, -0.05) is 12.1 Å². The van der Waals surface area contributed by atoms with E-state index in [2.05, 4.69) is 5.10 Å². The lowest BCUT2D eigenvalue weighted by Gasteiger charge is -2.60. The fraction of sp³-hybridized carbons (Fsp3) is 0.520. The first-order valence-corrected chi connectivity index (χ1v) is 11.6. The highest BCUT2D eigenvalue weighted by Crippen LogP contribution is 2.58. The van der Waals surface area contributed by atoms with Crippen molar-refractivity contribution < 1.29 is 18.7 Å². The fourth-order valence-corrected chi connectivity index (χ4v) is 6.58. The van der Waals surface area contributed by atoms with Crippen LogP contribution in [0.25, 0.3) is 0 Å². The van der Waals surface area contributed by atoms with Crippen molar-refractivity contribution in [3.63, 3.8) is 0 Å². The van der Waals surface area contributed by atoms with Crippen LogP contribution in [0.1, 0.15) is 54.6 Å². The summed E-state index contributed by atoms with van der Waals surface area (Å²) >= 11 is 0. The van der Waals surface area contributed by atoms with Gasteiger partial charge in [-0.05, 0) is 80.0 Å². The molecule has 0 atom stereocenters. The second-order valence-electron chi connectivity index (χ2n) is 10.0. The van der Waals surface area contributed by atoms with Gasteiger partial charge in [0.1, 0.15) is 5.82 Å². The quantitative estimate of drug-likeness (QED) is 0.628. The molecule has 1 aromatic carbocycles. The predicted octanol–water partition coefficient (Wildman–Crippen LogP) is 3.07. The number of aromatic nitrogens is 2. The lowest BCUT2D eigenvalue weighted by atomic mass is 9.52. The summed E-state index contributed by atoms with van der Waals surface area (Å²) < 4.78 is 19.8. The average Bonchev–Trinajstić information content (AvgIpc) is 2.77. The minimum absolute atomic E-state index is 0.0233. The van der Waals surface area contributed by atoms with Gasteiger partial charge in [0.15, 0.2) is 12.3 Å². The molecule has 4 bridgehead atoms. The van der Waals surface area contributed by atoms with Crippen molar-refractivity contribution >= 4 is 11.9 Å². The molecule has 4 fully saturated rings. The number of amides is 1. The molecule has 1 aromatic heterocycles. The largest absolute Gasteiger partial charge is 0.451 e. The molecule has 174 valence electrons. The third-order valence-electron chi connectivity index (χ3n) is 7.63. The van der Waals surface area contributed by atoms with Crippen LogP contribution in [0.5, 0.6) is 0 Å². The number of carbonyl (C=O) groups is 2. The van der Waals surface area contributed by atoms with Crippen LogP contribution in [0.15, 0.2) is 41.2 Å². The van der Waals surface area contributed by atoms with Crippen molar-refractivity contribution in [1.82, 2.24) is 14.7 Å². The summed E-state index contributed by atoms with van der Waals surface area (Å²) in [6.07, 6.45) is 6.65. The zero-order valence-corrected chi connectivity index (χ0v) is 18.7. The molecule has 0 aliphatic heterocycles. The molecule has 4 saturated carbocycles. The first-order chi connectivity index (χ1) is 15.8. The van der Waals surface area contributed by atoms with E-state index < -0.39 is 12.6 Å². The zero-order chi connectivity index (χ0) is 23.2. The number of hydrogen-bond donors (Lipinski definition) is 0. The van der Waals surface area contributed by atoms with E-state index in [9.17, 15) is 18.8 Å². The normalized spacial score (nSPS) is 27.4. The van der Waals surface area contributed by atoms with Crippen molar-refractivity contribution in [1.29, 1.82) is 0 Å². The molecule has 0 saturated heterocycles. The topological polar surface area (TPSA) is 81.5 Å². The summed E-state index contributed by atoms with van der Waals surface area (Å²) in [5, 5.41) is 3.90. The number of aryl methyl sites for hydroxylation is 1. The summed E-state index contributed by atoms with van der Waals surface area (Å²) in [5.41, 5.74) is 0.257. The molecule has 2 aromatic rings. The number of carbonyl (C=O) groups excluding carboxylic acids is 2. The standard InChI is InChI=1S/C25H28FN3O4/c1-28-22(30)7-6-21(27-28)24(32)33-15-23(31)29(14-16-2-4-20(26)5-3-16)25-11-17-8-18(12-25)10-19(9-17)13-25/h2-7,17-19H,8-15H2,1H3. The highest BCUT2D eigenvalue weighted by Gasteiger charge is 2.54. The summed E-state index contributed by atoms with van der Waals surface area (Å²) in [4.78, 5) is 39.4. The molecule has 7 nitrogen and oxygen atoms in total. The number of hydrogen-bond acceptors (Lipinski definition) is 5. The first-order valence-electron chi connectivity index (χ1n) is 11.6. The Balaban J connectivity index is 1.36. The van der Waals surface area contributed by atoms with Gasteiger partial charge in [-0.2, -0.15) is 5.10 Å². The Bertz CT molecular complexity index is 1090. The monoisotopic (exact) mass is 453 g/mol. The van der Waals surface area contributed by atoms with Gasteiger partial charge in [-0.15, -0.1) is 0 Å². The van der Waals surface area contributed by atoms with Gasteiger partial charge in [-0.25, -0.2) is 13.9 Å². The van der Waals surface area contributed by atoms with E-state index in [-0.39, 0.29) is 28.5 Å². The molecule has 1 heterocycles. The zero-order valence-electron chi connectivity index (χ0n) is 18.7. The van der Waals surface area contributed by atoms with E-state index in [0.29, 0.717) is 24.3 Å². The van der Waals surface area contributed by atoms with Crippen LogP contribution < -0.4 is 5.56 Å². The molecule has 0 radical (unpaired) electrons. The number of ether oxygens (including phenoxy) is 1. The van der Waals surface area contributed by atoms with Crippen molar-refractivity contribution in [2.75, 3.05) is 6.61 Å². The van der Waals surface area contributed by atoms with Crippen molar-refractivity contribution in [3.05, 3.63) is 63.8 Å². The Labute approximate surface area is 191 Å².